The highest BCUT2D eigenvalue weighted by Crippen LogP contribution is 2.52. The first kappa shape index (κ1) is 84.5. The van der Waals surface area contributed by atoms with E-state index in [9.17, 15) is 0 Å². The van der Waals surface area contributed by atoms with Crippen LogP contribution in [0.5, 0.6) is 0 Å². The monoisotopic (exact) mass is 1670 g/mol. The molecule has 0 unspecified atom stereocenters. The van der Waals surface area contributed by atoms with E-state index < -0.39 is 0 Å². The molecule has 0 spiro atoms. The molecule has 11 nitrogen and oxygen atoms in total. The molecule has 0 saturated carbocycles. The van der Waals surface area contributed by atoms with Crippen molar-refractivity contribution in [2.24, 2.45) is 0 Å². The van der Waals surface area contributed by atoms with Gasteiger partial charge in [-0.05, 0) is 197 Å². The van der Waals surface area contributed by atoms with Gasteiger partial charge >= 0.3 is 0 Å². The summed E-state index contributed by atoms with van der Waals surface area (Å²) in [6.07, 6.45) is 19.8. The summed E-state index contributed by atoms with van der Waals surface area (Å²) in [5, 5.41) is 2.68. The van der Waals surface area contributed by atoms with Crippen molar-refractivity contribution in [1.82, 2.24) is 13.3 Å². The van der Waals surface area contributed by atoms with Crippen LogP contribution in [0.2, 0.25) is 0 Å². The molecule has 13 aromatic rings. The van der Waals surface area contributed by atoms with E-state index >= 15 is 0 Å². The molecule has 0 amide bonds. The van der Waals surface area contributed by atoms with Gasteiger partial charge in [0.2, 0.25) is 0 Å². The predicted molar refractivity (Wildman–Crippen MR) is 486 cm³/mol. The van der Waals surface area contributed by atoms with Gasteiger partial charge in [0.05, 0.1) is 91.0 Å². The van der Waals surface area contributed by atoms with Crippen LogP contribution in [0, 0.1) is 13.8 Å². The van der Waals surface area contributed by atoms with Crippen LogP contribution in [0.15, 0.2) is 121 Å². The first-order valence-corrected chi connectivity index (χ1v) is 48.3. The average Bonchev–Trinajstić information content (AvgIpc) is 1.55. The standard InChI is InChI=1S/C92H111N3O8S9/c1-8-13-18-19-20-21-40-95-74-26-22-63(6)57-72(74)73-59-65(23-27-75(73)95)84-60-67(37-46-101-54-50-97-42-15-10-3)90(109-84)81-33-29-78(106-81)79-31-35-83(108-79)92-69(39-48-103-56-52-99-44-17-12-5)62-86(111-92)71-25-24-70(87-88(71)94-112-93-87)85-61-68(38-47-102-55-51-98-43-16-11-4)91(110-85)82-34-30-77(107-82)76-28-32-80(105-76)89-66(58-64(7)104-89)36-45-100-53-49-96-41-14-9-2/h22-35,57-62H,8-21,36-56H2,1-7H3. The molecule has 0 aliphatic rings. The minimum atomic E-state index is 0.571. The van der Waals surface area contributed by atoms with Crippen molar-refractivity contribution in [2.75, 3.05) is 106 Å². The highest BCUT2D eigenvalue weighted by molar-refractivity contribution is 7.30. The second-order valence-corrected chi connectivity index (χ2v) is 38.1. The number of hydrogen-bond acceptors (Lipinski definition) is 19. The van der Waals surface area contributed by atoms with Gasteiger partial charge in [-0.25, -0.2) is 0 Å². The molecule has 0 fully saturated rings. The van der Waals surface area contributed by atoms with E-state index in [4.69, 9.17) is 46.6 Å². The number of aromatic nitrogens is 3. The lowest BCUT2D eigenvalue weighted by atomic mass is 10.0. The Labute approximate surface area is 700 Å². The lowest BCUT2D eigenvalue weighted by Crippen LogP contribution is -2.07. The highest BCUT2D eigenvalue weighted by atomic mass is 32.1. The predicted octanol–water partition coefficient (Wildman–Crippen LogP) is 27.8. The fourth-order valence-electron chi connectivity index (χ4n) is 14.1. The summed E-state index contributed by atoms with van der Waals surface area (Å²) in [6.45, 7) is 27.1. The van der Waals surface area contributed by atoms with Crippen molar-refractivity contribution < 1.29 is 37.9 Å². The first-order valence-electron chi connectivity index (χ1n) is 41.0. The Morgan fingerprint density at radius 3 is 1.06 bits per heavy atom. The van der Waals surface area contributed by atoms with E-state index in [1.54, 1.807) is 0 Å². The summed E-state index contributed by atoms with van der Waals surface area (Å²) in [5.74, 6) is 0. The molecular weight excluding hydrogens is 1560 g/mol. The smallest absolute Gasteiger partial charge is 0.114 e. The molecule has 0 atom stereocenters. The molecule has 0 aliphatic carbocycles. The summed E-state index contributed by atoms with van der Waals surface area (Å²) in [5.41, 5.74) is 14.5. The third-order valence-electron chi connectivity index (χ3n) is 20.3. The molecule has 0 N–H and O–H groups in total. The van der Waals surface area contributed by atoms with Crippen LogP contribution in [0.1, 0.15) is 157 Å². The molecule has 0 saturated heterocycles. The molecule has 3 aromatic carbocycles. The quantitative estimate of drug-likeness (QED) is 0.0342. The fraction of sp³-hybridized carbons (Fsp3) is 0.457. The van der Waals surface area contributed by atoms with Crippen LogP contribution in [-0.4, -0.2) is 119 Å². The number of hydrogen-bond donors (Lipinski definition) is 0. The van der Waals surface area contributed by atoms with Crippen LogP contribution >= 0.6 is 102 Å². The van der Waals surface area contributed by atoms with E-state index in [0.29, 0.717) is 79.3 Å². The van der Waals surface area contributed by atoms with Crippen LogP contribution in [0.3, 0.4) is 0 Å². The average molecular weight is 1680 g/mol. The Hall–Kier alpha value is -5.44. The van der Waals surface area contributed by atoms with E-state index in [1.165, 1.54) is 183 Å². The van der Waals surface area contributed by atoms with Gasteiger partial charge < -0.3 is 42.5 Å². The van der Waals surface area contributed by atoms with Gasteiger partial charge in [-0.15, -0.1) is 90.7 Å². The van der Waals surface area contributed by atoms with Crippen molar-refractivity contribution in [3.63, 3.8) is 0 Å². The maximum atomic E-state index is 6.33. The van der Waals surface area contributed by atoms with E-state index in [1.807, 2.05) is 90.7 Å². The molecule has 10 aromatic heterocycles. The maximum Gasteiger partial charge on any atom is 0.114 e. The van der Waals surface area contributed by atoms with Crippen LogP contribution in [0.4, 0.5) is 0 Å². The van der Waals surface area contributed by atoms with Gasteiger partial charge in [-0.2, -0.15) is 8.75 Å². The van der Waals surface area contributed by atoms with Gasteiger partial charge in [0, 0.05) is 144 Å². The zero-order valence-corrected chi connectivity index (χ0v) is 73.9. The van der Waals surface area contributed by atoms with Gasteiger partial charge in [0.15, 0.2) is 0 Å². The number of thiophene rings is 8. The van der Waals surface area contributed by atoms with Crippen molar-refractivity contribution in [3.05, 3.63) is 154 Å². The minimum absolute atomic E-state index is 0.571. The van der Waals surface area contributed by atoms with Crippen LogP contribution < -0.4 is 0 Å². The maximum absolute atomic E-state index is 6.33. The van der Waals surface area contributed by atoms with Crippen LogP contribution in [-0.2, 0) is 70.1 Å². The molecular formula is C92H111N3O8S9. The number of benzene rings is 3. The Balaban J connectivity index is 0.768. The van der Waals surface area contributed by atoms with Gasteiger partial charge in [0.1, 0.15) is 11.0 Å². The number of unbranched alkanes of at least 4 members (excludes halogenated alkanes) is 9. The molecule has 0 aliphatic heterocycles. The van der Waals surface area contributed by atoms with Crippen molar-refractivity contribution in [3.8, 4) is 89.8 Å². The molecule has 112 heavy (non-hydrogen) atoms. The molecule has 596 valence electrons. The summed E-state index contributed by atoms with van der Waals surface area (Å²) in [7, 11) is 0. The zero-order valence-electron chi connectivity index (χ0n) is 66.6. The summed E-state index contributed by atoms with van der Waals surface area (Å²) in [4.78, 5) is 20.4. The van der Waals surface area contributed by atoms with Crippen molar-refractivity contribution in [1.29, 1.82) is 0 Å². The Morgan fingerprint density at radius 2 is 0.634 bits per heavy atom. The Bertz CT molecular complexity index is 5010. The largest absolute Gasteiger partial charge is 0.379 e. The van der Waals surface area contributed by atoms with E-state index in [0.717, 1.165) is 132 Å². The summed E-state index contributed by atoms with van der Waals surface area (Å²) >= 11 is 16.3. The fourth-order valence-corrected chi connectivity index (χ4v) is 24.2. The minimum Gasteiger partial charge on any atom is -0.379 e. The SMILES string of the molecule is CCCCCCCCn1c2ccc(C)cc2c2cc(-c3cc(CCOCCOCCCC)c(-c4ccc(-c5ccc(-c6sc(-c7ccc(-c8cc(CCOCCOCCCC)c(-c9ccc(-c%10ccc(-c%11sc(C)cc%11CCOCCOCCCC)s%10)s9)s8)c8nsnc78)cc6CCOCCOCCCC)s5)s4)s3)ccc21. The number of rotatable bonds is 52. The van der Waals surface area contributed by atoms with Gasteiger partial charge in [-0.1, -0.05) is 122 Å². The first-order chi connectivity index (χ1) is 55.2. The van der Waals surface area contributed by atoms with Gasteiger partial charge in [0.25, 0.3) is 0 Å². The second-order valence-electron chi connectivity index (χ2n) is 28.9. The second kappa shape index (κ2) is 44.2. The molecule has 20 heteroatoms. The molecule has 0 bridgehead atoms. The Morgan fingerprint density at radius 1 is 0.286 bits per heavy atom. The third kappa shape index (κ3) is 22.4. The molecule has 13 rings (SSSR count). The summed E-state index contributed by atoms with van der Waals surface area (Å²) in [6, 6.07) is 47.0. The molecule has 0 radical (unpaired) electrons. The topological polar surface area (TPSA) is 105 Å². The third-order valence-corrected chi connectivity index (χ3v) is 31.0. The van der Waals surface area contributed by atoms with Crippen LogP contribution in [0.25, 0.3) is 123 Å². The number of ether oxygens (including phenoxy) is 8. The lowest BCUT2D eigenvalue weighted by Gasteiger charge is -2.08. The van der Waals surface area contributed by atoms with Crippen molar-refractivity contribution >= 4 is 135 Å². The number of fused-ring (bicyclic) bond motifs is 4. The normalized spacial score (nSPS) is 12.0. The summed E-state index contributed by atoms with van der Waals surface area (Å²) < 4.78 is 61.2. The highest BCUT2D eigenvalue weighted by Gasteiger charge is 2.25. The van der Waals surface area contributed by atoms with Crippen molar-refractivity contribution in [2.45, 2.75) is 171 Å². The lowest BCUT2D eigenvalue weighted by molar-refractivity contribution is 0.0479. The number of aryl methyl sites for hydroxylation is 3. The number of nitrogens with zero attached hydrogens (tertiary/aromatic N) is 3. The Kier molecular flexibility index (Phi) is 33.3. The van der Waals surface area contributed by atoms with E-state index in [2.05, 4.69) is 174 Å². The van der Waals surface area contributed by atoms with Gasteiger partial charge in [-0.3, -0.25) is 0 Å². The zero-order chi connectivity index (χ0) is 77.2. The van der Waals surface area contributed by atoms with E-state index in [-0.39, 0.29) is 0 Å². The molecule has 10 heterocycles.